The van der Waals surface area contributed by atoms with Gasteiger partial charge in [-0.15, -0.1) is 0 Å². The highest BCUT2D eigenvalue weighted by molar-refractivity contribution is 9.10. The Labute approximate surface area is 114 Å². The van der Waals surface area contributed by atoms with E-state index in [0.717, 1.165) is 4.47 Å². The molecule has 0 bridgehead atoms. The fraction of sp³-hybridized carbons (Fsp3) is 0.0909. The van der Waals surface area contributed by atoms with E-state index in [1.807, 2.05) is 5.43 Å². The topological polar surface area (TPSA) is 74.0 Å². The molecule has 19 heavy (non-hydrogen) atoms. The van der Waals surface area contributed by atoms with E-state index < -0.39 is 18.2 Å². The van der Waals surface area contributed by atoms with Crippen LogP contribution in [0.4, 0.5) is 8.78 Å². The van der Waals surface area contributed by atoms with Crippen molar-refractivity contribution in [1.82, 2.24) is 15.8 Å². The molecule has 8 heteroatoms. The van der Waals surface area contributed by atoms with E-state index in [9.17, 15) is 18.4 Å². The maximum absolute atomic E-state index is 12.0. The molecule has 0 saturated carbocycles. The highest BCUT2D eigenvalue weighted by Crippen LogP contribution is 2.22. The van der Waals surface area contributed by atoms with Gasteiger partial charge >= 0.3 is 12.3 Å². The Kier molecular flexibility index (Phi) is 3.79. The number of aromatic nitrogens is 1. The molecular formula is C11H8BrF2N3O2. The molecule has 2 amide bonds. The molecule has 3 N–H and O–H groups in total. The molecular weight excluding hydrogens is 324 g/mol. The van der Waals surface area contributed by atoms with Gasteiger partial charge in [-0.3, -0.25) is 20.4 Å². The van der Waals surface area contributed by atoms with Crippen LogP contribution in [0.1, 0.15) is 10.4 Å². The largest absolute Gasteiger partial charge is 0.360 e. The van der Waals surface area contributed by atoms with Gasteiger partial charge in [-0.2, -0.15) is 8.78 Å². The normalized spacial score (nSPS) is 10.7. The number of H-pyrrole nitrogens is 1. The van der Waals surface area contributed by atoms with E-state index in [1.165, 1.54) is 6.20 Å². The Morgan fingerprint density at radius 1 is 1.26 bits per heavy atom. The quantitative estimate of drug-likeness (QED) is 0.736. The zero-order chi connectivity index (χ0) is 14.0. The van der Waals surface area contributed by atoms with E-state index in [4.69, 9.17) is 0 Å². The molecule has 100 valence electrons. The van der Waals surface area contributed by atoms with Crippen molar-refractivity contribution in [3.8, 4) is 0 Å². The molecule has 0 radical (unpaired) electrons. The molecule has 0 saturated heterocycles. The highest BCUT2D eigenvalue weighted by Gasteiger charge is 2.17. The van der Waals surface area contributed by atoms with Crippen molar-refractivity contribution in [2.75, 3.05) is 0 Å². The Hall–Kier alpha value is -1.96. The summed E-state index contributed by atoms with van der Waals surface area (Å²) in [7, 11) is 0. The van der Waals surface area contributed by atoms with Crippen molar-refractivity contribution in [2.24, 2.45) is 0 Å². The van der Waals surface area contributed by atoms with E-state index in [0.29, 0.717) is 10.9 Å². The zero-order valence-corrected chi connectivity index (χ0v) is 10.9. The number of hydrogen-bond donors (Lipinski definition) is 3. The van der Waals surface area contributed by atoms with Crippen molar-refractivity contribution in [3.05, 3.63) is 34.4 Å². The molecule has 1 aromatic carbocycles. The first-order valence-corrected chi connectivity index (χ1v) is 5.93. The number of halogens is 3. The summed E-state index contributed by atoms with van der Waals surface area (Å²) < 4.78 is 24.7. The van der Waals surface area contributed by atoms with Gasteiger partial charge in [0.2, 0.25) is 0 Å². The number of alkyl halides is 2. The van der Waals surface area contributed by atoms with Gasteiger partial charge in [0.15, 0.2) is 0 Å². The van der Waals surface area contributed by atoms with E-state index in [2.05, 4.69) is 20.9 Å². The van der Waals surface area contributed by atoms with Crippen molar-refractivity contribution < 1.29 is 18.4 Å². The number of fused-ring (bicyclic) bond motifs is 1. The highest BCUT2D eigenvalue weighted by atomic mass is 79.9. The van der Waals surface area contributed by atoms with Crippen molar-refractivity contribution in [1.29, 1.82) is 0 Å². The number of nitrogens with one attached hydrogen (secondary N) is 3. The standard InChI is InChI=1S/C11H8BrF2N3O2/c12-5-1-2-8-6(3-5)7(4-15-8)10(18)16-17-11(19)9(13)14/h1-4,9,15H,(H,16,18)(H,17,19). The maximum atomic E-state index is 12.0. The van der Waals surface area contributed by atoms with Crippen LogP contribution >= 0.6 is 15.9 Å². The fourth-order valence-electron chi connectivity index (χ4n) is 1.52. The average molecular weight is 332 g/mol. The third kappa shape index (κ3) is 2.90. The molecule has 0 aliphatic heterocycles. The summed E-state index contributed by atoms with van der Waals surface area (Å²) >= 11 is 3.27. The lowest BCUT2D eigenvalue weighted by Gasteiger charge is -2.05. The lowest BCUT2D eigenvalue weighted by Crippen LogP contribution is -2.44. The number of benzene rings is 1. The van der Waals surface area contributed by atoms with Gasteiger partial charge < -0.3 is 4.98 Å². The number of carbonyl (C=O) groups is 2. The number of amides is 2. The van der Waals surface area contributed by atoms with Crippen molar-refractivity contribution >= 4 is 38.6 Å². The van der Waals surface area contributed by atoms with Gasteiger partial charge in [0.05, 0.1) is 5.56 Å². The van der Waals surface area contributed by atoms with Crippen LogP contribution in [0.25, 0.3) is 10.9 Å². The third-order valence-electron chi connectivity index (χ3n) is 2.39. The summed E-state index contributed by atoms with van der Waals surface area (Å²) in [6.45, 7) is 0. The molecule has 2 aromatic rings. The van der Waals surface area contributed by atoms with Gasteiger partial charge in [0.25, 0.3) is 5.91 Å². The first-order valence-electron chi connectivity index (χ1n) is 5.14. The fourth-order valence-corrected chi connectivity index (χ4v) is 1.88. The number of rotatable bonds is 2. The second-order valence-corrected chi connectivity index (χ2v) is 4.55. The summed E-state index contributed by atoms with van der Waals surface area (Å²) in [5, 5.41) is 0.609. The van der Waals surface area contributed by atoms with E-state index >= 15 is 0 Å². The van der Waals surface area contributed by atoms with Crippen LogP contribution in [-0.4, -0.2) is 23.2 Å². The van der Waals surface area contributed by atoms with E-state index in [1.54, 1.807) is 23.6 Å². The average Bonchev–Trinajstić information content (AvgIpc) is 2.78. The molecule has 2 rings (SSSR count). The SMILES string of the molecule is O=C(NNC(=O)C(F)F)c1c[nH]c2ccc(Br)cc12. The Morgan fingerprint density at radius 2 is 2.00 bits per heavy atom. The van der Waals surface area contributed by atoms with Crippen LogP contribution in [0.15, 0.2) is 28.9 Å². The summed E-state index contributed by atoms with van der Waals surface area (Å²) in [6, 6.07) is 5.25. The lowest BCUT2D eigenvalue weighted by atomic mass is 10.2. The van der Waals surface area contributed by atoms with Crippen LogP contribution < -0.4 is 10.9 Å². The molecule has 0 fully saturated rings. The van der Waals surface area contributed by atoms with Crippen molar-refractivity contribution in [3.63, 3.8) is 0 Å². The lowest BCUT2D eigenvalue weighted by molar-refractivity contribution is -0.132. The molecule has 1 heterocycles. The number of carbonyl (C=O) groups excluding carboxylic acids is 2. The Morgan fingerprint density at radius 3 is 2.68 bits per heavy atom. The smallest absolute Gasteiger partial charge is 0.317 e. The molecule has 0 unspecified atom stereocenters. The number of hydrogen-bond acceptors (Lipinski definition) is 2. The molecule has 0 aliphatic carbocycles. The predicted molar refractivity (Wildman–Crippen MR) is 67.6 cm³/mol. The van der Waals surface area contributed by atoms with Gasteiger partial charge in [-0.1, -0.05) is 15.9 Å². The van der Waals surface area contributed by atoms with Gasteiger partial charge in [0.1, 0.15) is 0 Å². The van der Waals surface area contributed by atoms with Crippen molar-refractivity contribution in [2.45, 2.75) is 6.43 Å². The van der Waals surface area contributed by atoms with Gasteiger partial charge in [-0.05, 0) is 18.2 Å². The molecule has 1 aromatic heterocycles. The van der Waals surface area contributed by atoms with Crippen LogP contribution in [0.5, 0.6) is 0 Å². The summed E-state index contributed by atoms with van der Waals surface area (Å²) in [5.74, 6) is -2.24. The first kappa shape index (κ1) is 13.5. The van der Waals surface area contributed by atoms with Crippen LogP contribution in [0.3, 0.4) is 0 Å². The molecule has 0 aliphatic rings. The number of hydrazine groups is 1. The monoisotopic (exact) mass is 331 g/mol. The second-order valence-electron chi connectivity index (χ2n) is 3.64. The third-order valence-corrected chi connectivity index (χ3v) is 2.88. The van der Waals surface area contributed by atoms with Gasteiger partial charge in [0, 0.05) is 21.6 Å². The summed E-state index contributed by atoms with van der Waals surface area (Å²) in [5.41, 5.74) is 4.52. The minimum absolute atomic E-state index is 0.242. The Balaban J connectivity index is 2.18. The minimum atomic E-state index is -3.18. The molecule has 5 nitrogen and oxygen atoms in total. The number of aromatic amines is 1. The zero-order valence-electron chi connectivity index (χ0n) is 9.34. The van der Waals surface area contributed by atoms with Gasteiger partial charge in [-0.25, -0.2) is 0 Å². The summed E-state index contributed by atoms with van der Waals surface area (Å²) in [4.78, 5) is 25.3. The maximum Gasteiger partial charge on any atom is 0.317 e. The summed E-state index contributed by atoms with van der Waals surface area (Å²) in [6.07, 6.45) is -1.75. The van der Waals surface area contributed by atoms with E-state index in [-0.39, 0.29) is 5.56 Å². The van der Waals surface area contributed by atoms with Crippen LogP contribution in [-0.2, 0) is 4.79 Å². The molecule has 0 spiro atoms. The first-order chi connectivity index (χ1) is 8.99. The predicted octanol–water partition coefficient (Wildman–Crippen LogP) is 1.96. The van der Waals surface area contributed by atoms with Crippen LogP contribution in [0, 0.1) is 0 Å². The minimum Gasteiger partial charge on any atom is -0.360 e. The molecule has 0 atom stereocenters. The second kappa shape index (κ2) is 5.35. The van der Waals surface area contributed by atoms with Crippen LogP contribution in [0.2, 0.25) is 0 Å². The Bertz CT molecular complexity index is 642.